The van der Waals surface area contributed by atoms with Crippen LogP contribution in [-0.4, -0.2) is 42.3 Å². The second-order valence-electron chi connectivity index (χ2n) is 7.14. The number of thiophene rings is 1. The molecule has 3 aromatic rings. The summed E-state index contributed by atoms with van der Waals surface area (Å²) in [6.45, 7) is 1.30. The predicted octanol–water partition coefficient (Wildman–Crippen LogP) is 3.26. The number of ether oxygens (including phenoxy) is 3. The third-order valence-corrected chi connectivity index (χ3v) is 6.62. The molecule has 0 saturated carbocycles. The number of hydrogen-bond donors (Lipinski definition) is 3. The maximum atomic E-state index is 7.58. The molecule has 0 amide bonds. The highest BCUT2D eigenvalue weighted by Gasteiger charge is 2.41. The molecular formula is C20H21N5O3S. The summed E-state index contributed by atoms with van der Waals surface area (Å²) < 4.78 is 17.3. The number of methoxy groups -OCH3 is 1. The molecule has 1 spiro atoms. The van der Waals surface area contributed by atoms with E-state index in [1.165, 1.54) is 16.7 Å². The smallest absolute Gasteiger partial charge is 0.173 e. The van der Waals surface area contributed by atoms with Crippen LogP contribution in [0.4, 0.5) is 17.2 Å². The van der Waals surface area contributed by atoms with Crippen molar-refractivity contribution in [2.24, 2.45) is 0 Å². The van der Waals surface area contributed by atoms with Gasteiger partial charge in [0.25, 0.3) is 0 Å². The molecule has 0 radical (unpaired) electrons. The van der Waals surface area contributed by atoms with Crippen LogP contribution in [0.5, 0.6) is 5.75 Å². The predicted molar refractivity (Wildman–Crippen MR) is 113 cm³/mol. The minimum Gasteiger partial charge on any atom is -0.494 e. The number of nitrogen functional groups attached to an aromatic ring is 1. The van der Waals surface area contributed by atoms with Gasteiger partial charge in [-0.1, -0.05) is 0 Å². The minimum atomic E-state index is -0.478. The summed E-state index contributed by atoms with van der Waals surface area (Å²) in [5.74, 6) is 0.833. The molecule has 0 atom stereocenters. The zero-order valence-corrected chi connectivity index (χ0v) is 16.8. The van der Waals surface area contributed by atoms with E-state index in [2.05, 4.69) is 15.3 Å². The lowest BCUT2D eigenvalue weighted by Gasteiger charge is -2.31. The van der Waals surface area contributed by atoms with Crippen LogP contribution in [0, 0.1) is 5.41 Å². The second kappa shape index (κ2) is 6.94. The van der Waals surface area contributed by atoms with Gasteiger partial charge in [-0.25, -0.2) is 9.97 Å². The number of aryl methyl sites for hydroxylation is 1. The molecule has 9 heteroatoms. The number of hydrogen-bond acceptors (Lipinski definition) is 9. The number of rotatable bonds is 4. The molecule has 1 aliphatic carbocycles. The van der Waals surface area contributed by atoms with E-state index < -0.39 is 5.79 Å². The van der Waals surface area contributed by atoms with Crippen molar-refractivity contribution in [3.63, 3.8) is 0 Å². The Balaban J connectivity index is 1.57. The van der Waals surface area contributed by atoms with Crippen molar-refractivity contribution in [2.75, 3.05) is 31.4 Å². The lowest BCUT2D eigenvalue weighted by atomic mass is 9.92. The molecule has 5 rings (SSSR count). The molecule has 0 bridgehead atoms. The molecule has 29 heavy (non-hydrogen) atoms. The van der Waals surface area contributed by atoms with Crippen LogP contribution in [0.2, 0.25) is 0 Å². The molecule has 0 unspecified atom stereocenters. The first-order chi connectivity index (χ1) is 14.1. The summed E-state index contributed by atoms with van der Waals surface area (Å²) in [6.07, 6.45) is 5.20. The summed E-state index contributed by atoms with van der Waals surface area (Å²) >= 11 is 1.67. The lowest BCUT2D eigenvalue weighted by Crippen LogP contribution is -2.36. The van der Waals surface area contributed by atoms with Crippen LogP contribution in [0.25, 0.3) is 10.2 Å². The quantitative estimate of drug-likeness (QED) is 0.446. The minimum absolute atomic E-state index is 0.478. The van der Waals surface area contributed by atoms with Gasteiger partial charge in [0.1, 0.15) is 22.7 Å². The van der Waals surface area contributed by atoms with Gasteiger partial charge < -0.3 is 30.7 Å². The van der Waals surface area contributed by atoms with E-state index in [1.54, 1.807) is 36.9 Å². The largest absolute Gasteiger partial charge is 0.494 e. The highest BCUT2D eigenvalue weighted by atomic mass is 32.1. The summed E-state index contributed by atoms with van der Waals surface area (Å²) in [4.78, 5) is 11.2. The van der Waals surface area contributed by atoms with E-state index in [-0.39, 0.29) is 0 Å². The van der Waals surface area contributed by atoms with E-state index in [4.69, 9.17) is 25.4 Å². The summed E-state index contributed by atoms with van der Waals surface area (Å²) in [5, 5.41) is 12.0. The number of benzene rings is 1. The van der Waals surface area contributed by atoms with Crippen LogP contribution >= 0.6 is 11.3 Å². The first-order valence-electron chi connectivity index (χ1n) is 9.40. The van der Waals surface area contributed by atoms with Crippen molar-refractivity contribution in [1.29, 1.82) is 5.41 Å². The molecule has 2 aliphatic rings. The van der Waals surface area contributed by atoms with Crippen molar-refractivity contribution >= 4 is 45.0 Å². The Morgan fingerprint density at radius 3 is 2.90 bits per heavy atom. The molecule has 8 nitrogen and oxygen atoms in total. The van der Waals surface area contributed by atoms with Gasteiger partial charge in [-0.2, -0.15) is 0 Å². The van der Waals surface area contributed by atoms with E-state index >= 15 is 0 Å². The third kappa shape index (κ3) is 3.02. The molecule has 4 N–H and O–H groups in total. The average Bonchev–Trinajstić information content (AvgIpc) is 3.33. The Labute approximate surface area is 171 Å². The number of anilines is 3. The van der Waals surface area contributed by atoms with Crippen LogP contribution in [-0.2, 0) is 22.3 Å². The zero-order valence-electron chi connectivity index (χ0n) is 15.9. The van der Waals surface area contributed by atoms with Crippen molar-refractivity contribution in [3.05, 3.63) is 34.5 Å². The number of aromatic nitrogens is 2. The molecule has 3 heterocycles. The number of fused-ring (bicyclic) bond motifs is 3. The third-order valence-electron chi connectivity index (χ3n) is 5.48. The van der Waals surface area contributed by atoms with Gasteiger partial charge in [-0.3, -0.25) is 0 Å². The normalized spacial score (nSPS) is 17.4. The fraction of sp³-hybridized carbons (Fsp3) is 0.350. The molecule has 1 saturated heterocycles. The average molecular weight is 411 g/mol. The molecule has 1 aromatic carbocycles. The molecule has 1 fully saturated rings. The first-order valence-corrected chi connectivity index (χ1v) is 10.2. The Hall–Kier alpha value is -2.75. The fourth-order valence-corrected chi connectivity index (χ4v) is 5.34. The second-order valence-corrected chi connectivity index (χ2v) is 8.22. The van der Waals surface area contributed by atoms with E-state index in [1.807, 2.05) is 0 Å². The van der Waals surface area contributed by atoms with E-state index in [0.717, 1.165) is 35.3 Å². The van der Waals surface area contributed by atoms with Crippen molar-refractivity contribution in [2.45, 2.75) is 25.0 Å². The number of nitrogens with zero attached hydrogens (tertiary/aromatic N) is 2. The summed E-state index contributed by atoms with van der Waals surface area (Å²) in [7, 11) is 1.59. The topological polar surface area (TPSA) is 115 Å². The van der Waals surface area contributed by atoms with Crippen molar-refractivity contribution in [3.8, 4) is 5.75 Å². The van der Waals surface area contributed by atoms with Gasteiger partial charge in [0.2, 0.25) is 0 Å². The van der Waals surface area contributed by atoms with Crippen LogP contribution in [0.1, 0.15) is 22.4 Å². The van der Waals surface area contributed by atoms with Crippen LogP contribution in [0.15, 0.2) is 18.5 Å². The fourth-order valence-electron chi connectivity index (χ4n) is 4.06. The van der Waals surface area contributed by atoms with Crippen molar-refractivity contribution < 1.29 is 14.2 Å². The Morgan fingerprint density at radius 2 is 2.14 bits per heavy atom. The molecule has 1 aliphatic heterocycles. The van der Waals surface area contributed by atoms with Gasteiger partial charge in [-0.05, 0) is 18.1 Å². The Bertz CT molecular complexity index is 1110. The molecule has 150 valence electrons. The zero-order chi connectivity index (χ0) is 20.0. The standard InChI is InChI=1S/C20H21N5O3S/c1-26-15-7-13(22)11(9-21)6-14(15)25-18-17-12-2-3-20(27-4-5-28-20)8-16(12)29-19(17)24-10-23-18/h6-7,9-10,21H,2-5,8,22H2,1H3,(H,23,24,25). The van der Waals surface area contributed by atoms with Gasteiger partial charge in [0.15, 0.2) is 5.79 Å². The summed E-state index contributed by atoms with van der Waals surface area (Å²) in [5.41, 5.74) is 9.04. The van der Waals surface area contributed by atoms with Gasteiger partial charge in [0, 0.05) is 41.3 Å². The SMILES string of the molecule is COc1cc(N)c(C=N)cc1Nc1ncnc2sc3c(c12)CCC1(C3)OCCO1. The monoisotopic (exact) mass is 411 g/mol. The number of nitrogens with two attached hydrogens (primary N) is 1. The highest BCUT2D eigenvalue weighted by Crippen LogP contribution is 2.44. The van der Waals surface area contributed by atoms with Gasteiger partial charge >= 0.3 is 0 Å². The van der Waals surface area contributed by atoms with Crippen LogP contribution in [0.3, 0.4) is 0 Å². The maximum absolute atomic E-state index is 7.58. The van der Waals surface area contributed by atoms with E-state index in [9.17, 15) is 0 Å². The van der Waals surface area contributed by atoms with Gasteiger partial charge in [-0.15, -0.1) is 11.3 Å². The van der Waals surface area contributed by atoms with Crippen LogP contribution < -0.4 is 15.8 Å². The molecular weight excluding hydrogens is 390 g/mol. The maximum Gasteiger partial charge on any atom is 0.173 e. The lowest BCUT2D eigenvalue weighted by molar-refractivity contribution is -0.163. The van der Waals surface area contributed by atoms with Crippen molar-refractivity contribution in [1.82, 2.24) is 9.97 Å². The summed E-state index contributed by atoms with van der Waals surface area (Å²) in [6, 6.07) is 3.51. The first kappa shape index (κ1) is 18.3. The molecule has 2 aromatic heterocycles. The number of nitrogens with one attached hydrogen (secondary N) is 2. The van der Waals surface area contributed by atoms with E-state index in [0.29, 0.717) is 35.9 Å². The van der Waals surface area contributed by atoms with Gasteiger partial charge in [0.05, 0.1) is 31.4 Å². The Morgan fingerprint density at radius 1 is 1.31 bits per heavy atom. The highest BCUT2D eigenvalue weighted by molar-refractivity contribution is 7.19. The Kier molecular flexibility index (Phi) is 4.38.